The van der Waals surface area contributed by atoms with Crippen molar-refractivity contribution < 1.29 is 17.7 Å². The van der Waals surface area contributed by atoms with Crippen molar-refractivity contribution in [1.29, 1.82) is 0 Å². The summed E-state index contributed by atoms with van der Waals surface area (Å²) >= 11 is 7.53. The monoisotopic (exact) mass is 413 g/mol. The maximum absolute atomic E-state index is 12.9. The summed E-state index contributed by atoms with van der Waals surface area (Å²) in [5, 5.41) is 6.03. The normalized spacial score (nSPS) is 11.8. The molecule has 2 aromatic heterocycles. The lowest BCUT2D eigenvalue weighted by molar-refractivity contribution is 0.321. The number of rotatable bonds is 7. The van der Waals surface area contributed by atoms with E-state index < -0.39 is 10.0 Å². The number of aromatic nitrogens is 2. The van der Waals surface area contributed by atoms with Gasteiger partial charge in [-0.15, -0.1) is 11.3 Å². The first-order valence-electron chi connectivity index (χ1n) is 7.66. The first kappa shape index (κ1) is 18.8. The van der Waals surface area contributed by atoms with E-state index in [-0.39, 0.29) is 28.9 Å². The molecule has 0 aliphatic carbocycles. The maximum atomic E-state index is 12.9. The van der Waals surface area contributed by atoms with E-state index >= 15 is 0 Å². The number of sulfonamides is 1. The van der Waals surface area contributed by atoms with E-state index in [9.17, 15) is 8.42 Å². The van der Waals surface area contributed by atoms with Crippen LogP contribution < -0.4 is 4.74 Å². The van der Waals surface area contributed by atoms with Gasteiger partial charge in [-0.25, -0.2) is 8.42 Å². The van der Waals surface area contributed by atoms with Gasteiger partial charge in [0.05, 0.1) is 28.4 Å². The predicted molar refractivity (Wildman–Crippen MR) is 98.9 cm³/mol. The third kappa shape index (κ3) is 3.75. The molecule has 0 aliphatic heterocycles. The van der Waals surface area contributed by atoms with Crippen LogP contribution in [0.4, 0.5) is 0 Å². The van der Waals surface area contributed by atoms with Crippen LogP contribution in [0.15, 0.2) is 45.1 Å². The third-order valence-corrected chi connectivity index (χ3v) is 6.71. The summed E-state index contributed by atoms with van der Waals surface area (Å²) in [7, 11) is -2.31. The van der Waals surface area contributed by atoms with Gasteiger partial charge >= 0.3 is 0 Å². The molecule has 7 nitrogen and oxygen atoms in total. The summed E-state index contributed by atoms with van der Waals surface area (Å²) in [6, 6.07) is 8.08. The van der Waals surface area contributed by atoms with Gasteiger partial charge in [-0.05, 0) is 29.6 Å². The van der Waals surface area contributed by atoms with Crippen LogP contribution in [-0.2, 0) is 16.6 Å². The highest BCUT2D eigenvalue weighted by Gasteiger charge is 2.26. The Morgan fingerprint density at radius 2 is 2.15 bits per heavy atom. The minimum Gasteiger partial charge on any atom is -0.495 e. The molecule has 0 saturated heterocycles. The SMILES string of the molecule is CCN(Cc1nc(-c2cccs2)no1)S(=O)(=O)c1ccc(OC)c(Cl)c1. The second kappa shape index (κ2) is 7.75. The molecule has 0 atom stereocenters. The summed E-state index contributed by atoms with van der Waals surface area (Å²) in [5.41, 5.74) is 0. The Kier molecular flexibility index (Phi) is 5.61. The number of hydrogen-bond donors (Lipinski definition) is 0. The number of hydrogen-bond acceptors (Lipinski definition) is 7. The largest absolute Gasteiger partial charge is 0.495 e. The zero-order valence-corrected chi connectivity index (χ0v) is 16.4. The lowest BCUT2D eigenvalue weighted by Gasteiger charge is -2.19. The quantitative estimate of drug-likeness (QED) is 0.587. The average molecular weight is 414 g/mol. The molecule has 0 bridgehead atoms. The van der Waals surface area contributed by atoms with Gasteiger partial charge in [0.25, 0.3) is 0 Å². The van der Waals surface area contributed by atoms with Crippen LogP contribution in [0.2, 0.25) is 5.02 Å². The van der Waals surface area contributed by atoms with Crippen LogP contribution in [-0.4, -0.2) is 36.5 Å². The molecular weight excluding hydrogens is 398 g/mol. The fourth-order valence-corrected chi connectivity index (χ4v) is 4.70. The molecule has 0 N–H and O–H groups in total. The number of ether oxygens (including phenoxy) is 1. The molecule has 0 spiro atoms. The molecule has 1 aromatic carbocycles. The van der Waals surface area contributed by atoms with Crippen molar-refractivity contribution in [2.75, 3.05) is 13.7 Å². The Bertz CT molecular complexity index is 987. The third-order valence-electron chi connectivity index (χ3n) is 3.64. The summed E-state index contributed by atoms with van der Waals surface area (Å²) in [6.07, 6.45) is 0. The molecule has 0 aliphatic rings. The van der Waals surface area contributed by atoms with Gasteiger partial charge < -0.3 is 9.26 Å². The Balaban J connectivity index is 1.85. The zero-order valence-electron chi connectivity index (χ0n) is 14.0. The molecule has 0 amide bonds. The van der Waals surface area contributed by atoms with Gasteiger partial charge in [0, 0.05) is 6.54 Å². The second-order valence-corrected chi connectivity index (χ2v) is 8.51. The van der Waals surface area contributed by atoms with Crippen LogP contribution >= 0.6 is 22.9 Å². The summed E-state index contributed by atoms with van der Waals surface area (Å²) < 4.78 is 37.3. The second-order valence-electron chi connectivity index (χ2n) is 5.22. The standard InChI is InChI=1S/C16H16ClN3O4S2/c1-3-20(10-15-18-16(19-24-15)14-5-4-8-25-14)26(21,22)11-6-7-13(23-2)12(17)9-11/h4-9H,3,10H2,1-2H3. The highest BCUT2D eigenvalue weighted by molar-refractivity contribution is 7.89. The molecule has 0 fully saturated rings. The lowest BCUT2D eigenvalue weighted by atomic mass is 10.3. The van der Waals surface area contributed by atoms with Crippen molar-refractivity contribution in [3.05, 3.63) is 46.6 Å². The topological polar surface area (TPSA) is 85.5 Å². The Labute approximate surface area is 160 Å². The zero-order chi connectivity index (χ0) is 18.7. The molecule has 138 valence electrons. The Hall–Kier alpha value is -1.94. The number of thiophene rings is 1. The molecule has 0 unspecified atom stereocenters. The van der Waals surface area contributed by atoms with Gasteiger partial charge in [0.1, 0.15) is 5.75 Å². The molecule has 26 heavy (non-hydrogen) atoms. The highest BCUT2D eigenvalue weighted by atomic mass is 35.5. The van der Waals surface area contributed by atoms with Gasteiger partial charge in [0.2, 0.25) is 21.7 Å². The number of halogens is 1. The summed E-state index contributed by atoms with van der Waals surface area (Å²) in [5.74, 6) is 1.07. The molecule has 3 rings (SSSR count). The average Bonchev–Trinajstić information content (AvgIpc) is 3.30. The van der Waals surface area contributed by atoms with Crippen LogP contribution in [0, 0.1) is 0 Å². The molecule has 0 saturated carbocycles. The van der Waals surface area contributed by atoms with E-state index in [1.165, 1.54) is 41.0 Å². The van der Waals surface area contributed by atoms with Gasteiger partial charge in [-0.3, -0.25) is 0 Å². The van der Waals surface area contributed by atoms with Crippen molar-refractivity contribution in [2.24, 2.45) is 0 Å². The number of benzene rings is 1. The summed E-state index contributed by atoms with van der Waals surface area (Å²) in [6.45, 7) is 1.95. The minimum atomic E-state index is -3.77. The van der Waals surface area contributed by atoms with Crippen molar-refractivity contribution in [2.45, 2.75) is 18.4 Å². The lowest BCUT2D eigenvalue weighted by Crippen LogP contribution is -2.30. The molecular formula is C16H16ClN3O4S2. The molecule has 0 radical (unpaired) electrons. The van der Waals surface area contributed by atoms with Gasteiger partial charge in [-0.1, -0.05) is 29.7 Å². The van der Waals surface area contributed by atoms with Crippen molar-refractivity contribution in [3.8, 4) is 16.5 Å². The highest BCUT2D eigenvalue weighted by Crippen LogP contribution is 2.29. The summed E-state index contributed by atoms with van der Waals surface area (Å²) in [4.78, 5) is 5.20. The van der Waals surface area contributed by atoms with E-state index in [2.05, 4.69) is 10.1 Å². The van der Waals surface area contributed by atoms with Crippen LogP contribution in [0.25, 0.3) is 10.7 Å². The fraction of sp³-hybridized carbons (Fsp3) is 0.250. The Morgan fingerprint density at radius 3 is 2.77 bits per heavy atom. The van der Waals surface area contributed by atoms with Crippen LogP contribution in [0.1, 0.15) is 12.8 Å². The molecule has 10 heteroatoms. The van der Waals surface area contributed by atoms with Gasteiger partial charge in [-0.2, -0.15) is 9.29 Å². The van der Waals surface area contributed by atoms with Crippen molar-refractivity contribution in [3.63, 3.8) is 0 Å². The Morgan fingerprint density at radius 1 is 1.35 bits per heavy atom. The van der Waals surface area contributed by atoms with Gasteiger partial charge in [0.15, 0.2) is 0 Å². The van der Waals surface area contributed by atoms with E-state index in [0.717, 1.165) is 4.88 Å². The minimum absolute atomic E-state index is 0.0269. The van der Waals surface area contributed by atoms with Crippen LogP contribution in [0.5, 0.6) is 5.75 Å². The predicted octanol–water partition coefficient (Wildman–Crippen LogP) is 3.67. The first-order valence-corrected chi connectivity index (χ1v) is 10.4. The number of methoxy groups -OCH3 is 1. The van der Waals surface area contributed by atoms with E-state index in [0.29, 0.717) is 11.6 Å². The van der Waals surface area contributed by atoms with E-state index in [1.54, 1.807) is 6.92 Å². The molecule has 3 aromatic rings. The fourth-order valence-electron chi connectivity index (χ4n) is 2.30. The van der Waals surface area contributed by atoms with Crippen molar-refractivity contribution >= 4 is 33.0 Å². The van der Waals surface area contributed by atoms with E-state index in [1.807, 2.05) is 17.5 Å². The smallest absolute Gasteiger partial charge is 0.243 e. The van der Waals surface area contributed by atoms with E-state index in [4.69, 9.17) is 20.9 Å². The maximum Gasteiger partial charge on any atom is 0.243 e. The number of nitrogens with zero attached hydrogens (tertiary/aromatic N) is 3. The first-order chi connectivity index (χ1) is 12.5. The van der Waals surface area contributed by atoms with Crippen LogP contribution in [0.3, 0.4) is 0 Å². The molecule has 2 heterocycles. The van der Waals surface area contributed by atoms with Crippen molar-refractivity contribution in [1.82, 2.24) is 14.4 Å².